The van der Waals surface area contributed by atoms with Gasteiger partial charge in [-0.2, -0.15) is 4.98 Å². The average molecular weight is 435 g/mol. The van der Waals surface area contributed by atoms with Crippen molar-refractivity contribution < 1.29 is 14.3 Å². The summed E-state index contributed by atoms with van der Waals surface area (Å²) >= 11 is 0. The number of amides is 1. The van der Waals surface area contributed by atoms with Crippen molar-refractivity contribution in [2.75, 3.05) is 6.61 Å². The number of nitrogens with zero attached hydrogens (tertiary/aromatic N) is 5. The van der Waals surface area contributed by atoms with E-state index in [0.29, 0.717) is 30.0 Å². The van der Waals surface area contributed by atoms with Gasteiger partial charge in [0.25, 0.3) is 5.91 Å². The molecule has 6 rings (SSSR count). The number of carbonyl (C=O) groups is 1. The number of hydrogen-bond acceptors (Lipinski definition) is 8. The second-order valence-corrected chi connectivity index (χ2v) is 8.70. The van der Waals surface area contributed by atoms with Crippen LogP contribution in [0.5, 0.6) is 5.88 Å². The van der Waals surface area contributed by atoms with Crippen molar-refractivity contribution in [2.45, 2.75) is 51.2 Å². The van der Waals surface area contributed by atoms with E-state index in [1.54, 1.807) is 23.0 Å². The maximum absolute atomic E-state index is 13.2. The normalized spacial score (nSPS) is 22.2. The fourth-order valence-electron chi connectivity index (χ4n) is 4.13. The first kappa shape index (κ1) is 20.4. The Labute approximate surface area is 184 Å². The van der Waals surface area contributed by atoms with E-state index in [4.69, 9.17) is 20.2 Å². The number of rotatable bonds is 6. The second-order valence-electron chi connectivity index (χ2n) is 8.70. The van der Waals surface area contributed by atoms with Gasteiger partial charge in [-0.1, -0.05) is 0 Å². The number of carbonyl (C=O) groups excluding carboxylic acids is 1. The zero-order valence-corrected chi connectivity index (χ0v) is 18.2. The van der Waals surface area contributed by atoms with Crippen LogP contribution in [0, 0.1) is 6.92 Å². The summed E-state index contributed by atoms with van der Waals surface area (Å²) in [6.07, 6.45) is 10.3. The van der Waals surface area contributed by atoms with Crippen LogP contribution in [0.15, 0.2) is 31.0 Å². The highest BCUT2D eigenvalue weighted by Crippen LogP contribution is 2.51. The van der Waals surface area contributed by atoms with E-state index in [2.05, 4.69) is 20.3 Å². The van der Waals surface area contributed by atoms with Gasteiger partial charge in [-0.3, -0.25) is 9.20 Å². The fraction of sp³-hybridized carbons (Fsp3) is 0.409. The number of ether oxygens (including phenoxy) is 2. The number of nitrogens with one attached hydrogen (secondary N) is 1. The summed E-state index contributed by atoms with van der Waals surface area (Å²) in [6.45, 7) is 6.30. The minimum absolute atomic E-state index is 0.0436. The number of aromatic nitrogens is 5. The second kappa shape index (κ2) is 7.56. The summed E-state index contributed by atoms with van der Waals surface area (Å²) in [4.78, 5) is 30.9. The fourth-order valence-corrected chi connectivity index (χ4v) is 4.13. The molecule has 166 valence electrons. The first-order valence-electron chi connectivity index (χ1n) is 10.6. The van der Waals surface area contributed by atoms with Crippen LogP contribution in [0.2, 0.25) is 0 Å². The van der Waals surface area contributed by atoms with Gasteiger partial charge in [-0.05, 0) is 39.2 Å². The molecule has 1 aliphatic carbocycles. The van der Waals surface area contributed by atoms with Gasteiger partial charge in [-0.25, -0.2) is 15.0 Å². The number of fused-ring (bicyclic) bond motifs is 2. The van der Waals surface area contributed by atoms with Crippen molar-refractivity contribution in [1.29, 1.82) is 0 Å². The summed E-state index contributed by atoms with van der Waals surface area (Å²) < 4.78 is 13.3. The maximum Gasteiger partial charge on any atom is 0.262 e. The largest absolute Gasteiger partial charge is 0.474 e. The van der Waals surface area contributed by atoms with Crippen molar-refractivity contribution >= 4 is 17.4 Å². The van der Waals surface area contributed by atoms with Crippen LogP contribution in [0.4, 0.5) is 0 Å². The van der Waals surface area contributed by atoms with Gasteiger partial charge in [0.2, 0.25) is 11.7 Å². The van der Waals surface area contributed by atoms with Gasteiger partial charge in [0.15, 0.2) is 5.82 Å². The van der Waals surface area contributed by atoms with Gasteiger partial charge in [0, 0.05) is 36.4 Å². The minimum Gasteiger partial charge on any atom is -0.474 e. The monoisotopic (exact) mass is 435 g/mol. The Bertz CT molecular complexity index is 1200. The third kappa shape index (κ3) is 3.46. The van der Waals surface area contributed by atoms with Gasteiger partial charge in [0.1, 0.15) is 11.3 Å². The first-order chi connectivity index (χ1) is 15.4. The van der Waals surface area contributed by atoms with Gasteiger partial charge < -0.3 is 20.5 Å². The van der Waals surface area contributed by atoms with E-state index in [1.165, 1.54) is 6.20 Å². The average Bonchev–Trinajstić information content (AvgIpc) is 3.45. The number of nitrogens with two attached hydrogens (primary N) is 1. The lowest BCUT2D eigenvalue weighted by Crippen LogP contribution is -2.37. The molecule has 3 aromatic heterocycles. The highest BCUT2D eigenvalue weighted by atomic mass is 16.5. The van der Waals surface area contributed by atoms with E-state index >= 15 is 0 Å². The van der Waals surface area contributed by atoms with E-state index in [-0.39, 0.29) is 23.0 Å². The van der Waals surface area contributed by atoms with Crippen LogP contribution in [-0.2, 0) is 10.2 Å². The molecule has 0 unspecified atom stereocenters. The summed E-state index contributed by atoms with van der Waals surface area (Å²) in [6, 6.07) is 0. The smallest absolute Gasteiger partial charge is 0.262 e. The number of aryl methyl sites for hydroxylation is 1. The molecule has 10 heteroatoms. The van der Waals surface area contributed by atoms with Gasteiger partial charge in [0.05, 0.1) is 24.5 Å². The molecular formula is C22H25N7O3. The van der Waals surface area contributed by atoms with Crippen molar-refractivity contribution in [2.24, 2.45) is 5.73 Å². The molecule has 1 amide bonds. The Morgan fingerprint density at radius 3 is 2.69 bits per heavy atom. The molecule has 1 saturated carbocycles. The van der Waals surface area contributed by atoms with Crippen LogP contribution >= 0.6 is 0 Å². The van der Waals surface area contributed by atoms with E-state index in [0.717, 1.165) is 24.1 Å². The van der Waals surface area contributed by atoms with E-state index in [1.807, 2.05) is 27.0 Å². The zero-order chi connectivity index (χ0) is 22.5. The van der Waals surface area contributed by atoms with Crippen LogP contribution in [-0.4, -0.2) is 49.1 Å². The predicted octanol–water partition coefficient (Wildman–Crippen LogP) is 1.73. The van der Waals surface area contributed by atoms with E-state index < -0.39 is 5.91 Å². The van der Waals surface area contributed by atoms with Crippen LogP contribution < -0.4 is 15.8 Å². The highest BCUT2D eigenvalue weighted by Gasteiger charge is 2.54. The van der Waals surface area contributed by atoms with Crippen molar-refractivity contribution in [3.63, 3.8) is 0 Å². The molecule has 2 bridgehead atoms. The molecule has 3 aromatic rings. The zero-order valence-electron chi connectivity index (χ0n) is 18.2. The van der Waals surface area contributed by atoms with Crippen LogP contribution in [0.3, 0.4) is 0 Å². The molecule has 3 aliphatic rings. The van der Waals surface area contributed by atoms with Crippen molar-refractivity contribution in [3.05, 3.63) is 53.6 Å². The van der Waals surface area contributed by atoms with Gasteiger partial charge >= 0.3 is 0 Å². The summed E-state index contributed by atoms with van der Waals surface area (Å²) in [7, 11) is 0. The van der Waals surface area contributed by atoms with E-state index in [9.17, 15) is 4.79 Å². The highest BCUT2D eigenvalue weighted by molar-refractivity contribution is 6.00. The Balaban J connectivity index is 1.49. The summed E-state index contributed by atoms with van der Waals surface area (Å²) in [5.74, 6) is 0.567. The molecular weight excluding hydrogens is 410 g/mol. The molecule has 5 heterocycles. The quantitative estimate of drug-likeness (QED) is 0.599. The number of imidazole rings is 1. The molecule has 2 aliphatic heterocycles. The molecule has 3 fully saturated rings. The SMILES string of the molecule is Cc1cnc(/C(=C\N)NC(=O)c2cn3cc(C45COC(C4)C5)nc3nc2OC(C)C)nc1. The lowest BCUT2D eigenvalue weighted by molar-refractivity contribution is 0.0965. The topological polar surface area (TPSA) is 130 Å². The lowest BCUT2D eigenvalue weighted by Gasteiger charge is -2.33. The predicted molar refractivity (Wildman–Crippen MR) is 116 cm³/mol. The molecule has 0 spiro atoms. The summed E-state index contributed by atoms with van der Waals surface area (Å²) in [5, 5.41) is 2.77. The maximum atomic E-state index is 13.2. The third-order valence-corrected chi connectivity index (χ3v) is 5.82. The molecule has 0 radical (unpaired) electrons. The molecule has 3 N–H and O–H groups in total. The number of hydrogen-bond donors (Lipinski definition) is 2. The molecule has 2 saturated heterocycles. The Morgan fingerprint density at radius 1 is 1.31 bits per heavy atom. The van der Waals surface area contributed by atoms with Crippen molar-refractivity contribution in [1.82, 2.24) is 29.7 Å². The Hall–Kier alpha value is -3.53. The summed E-state index contributed by atoms with van der Waals surface area (Å²) in [5.41, 5.74) is 8.08. The lowest BCUT2D eigenvalue weighted by atomic mass is 9.68. The molecule has 32 heavy (non-hydrogen) atoms. The minimum atomic E-state index is -0.433. The standard InChI is InChI=1S/C22H25N7O3/c1-12(2)32-20-15(19(30)26-16(6-23)18-24-7-13(3)8-25-18)9-29-10-17(27-21(29)28-20)22-4-14(5-22)31-11-22/h6-10,12,14H,4-5,11,23H2,1-3H3,(H,26,30)/b16-6+. The Morgan fingerprint density at radius 2 is 2.06 bits per heavy atom. The first-order valence-corrected chi connectivity index (χ1v) is 10.6. The molecule has 0 aromatic carbocycles. The third-order valence-electron chi connectivity index (χ3n) is 5.82. The molecule has 0 atom stereocenters. The van der Waals surface area contributed by atoms with Crippen LogP contribution in [0.1, 0.15) is 54.1 Å². The molecule has 10 nitrogen and oxygen atoms in total. The van der Waals surface area contributed by atoms with Crippen molar-refractivity contribution in [3.8, 4) is 5.88 Å². The van der Waals surface area contributed by atoms with Crippen LogP contribution in [0.25, 0.3) is 11.5 Å². The Kier molecular flexibility index (Phi) is 4.81. The van der Waals surface area contributed by atoms with Gasteiger partial charge in [-0.15, -0.1) is 0 Å².